The summed E-state index contributed by atoms with van der Waals surface area (Å²) in [5.41, 5.74) is 2.17. The number of nitrogens with one attached hydrogen (secondary N) is 1. The van der Waals surface area contributed by atoms with Gasteiger partial charge in [0.25, 0.3) is 5.91 Å². The largest absolute Gasteiger partial charge is 0.497 e. The third-order valence-corrected chi connectivity index (χ3v) is 4.84. The molecule has 0 unspecified atom stereocenters. The highest BCUT2D eigenvalue weighted by Gasteiger charge is 2.30. The molecule has 0 bridgehead atoms. The van der Waals surface area contributed by atoms with Crippen LogP contribution in [0.2, 0.25) is 0 Å². The Hall–Kier alpha value is -2.67. The van der Waals surface area contributed by atoms with E-state index in [2.05, 4.69) is 10.5 Å². The monoisotopic (exact) mass is 372 g/mol. The number of hydrogen-bond donors (Lipinski definition) is 1. The van der Waals surface area contributed by atoms with Crippen molar-refractivity contribution in [3.63, 3.8) is 0 Å². The average Bonchev–Trinajstić information content (AvgIpc) is 3.18. The maximum Gasteiger partial charge on any atom is 0.268 e. The first-order valence-electron chi connectivity index (χ1n) is 8.05. The maximum absolute atomic E-state index is 12.6. The van der Waals surface area contributed by atoms with Crippen LogP contribution in [-0.2, 0) is 9.63 Å². The van der Waals surface area contributed by atoms with Gasteiger partial charge in [0.2, 0.25) is 6.10 Å². The number of rotatable bonds is 6. The van der Waals surface area contributed by atoms with E-state index in [0.29, 0.717) is 23.6 Å². The lowest BCUT2D eigenvalue weighted by Crippen LogP contribution is -2.28. The molecule has 1 atom stereocenters. The minimum absolute atomic E-state index is 0.230. The Morgan fingerprint density at radius 3 is 2.77 bits per heavy atom. The molecule has 1 N–H and O–H groups in total. The van der Waals surface area contributed by atoms with Crippen molar-refractivity contribution in [1.82, 2.24) is 0 Å². The maximum atomic E-state index is 12.6. The minimum Gasteiger partial charge on any atom is -0.497 e. The number of methoxy groups -OCH3 is 2. The zero-order chi connectivity index (χ0) is 18.5. The Morgan fingerprint density at radius 1 is 1.23 bits per heavy atom. The van der Waals surface area contributed by atoms with Crippen LogP contribution in [0.3, 0.4) is 0 Å². The number of carbonyl (C=O) groups excluding carboxylic acids is 1. The predicted molar refractivity (Wildman–Crippen MR) is 102 cm³/mol. The number of benzene rings is 2. The Morgan fingerprint density at radius 2 is 2.04 bits per heavy atom. The molecule has 1 aliphatic rings. The Balaban J connectivity index is 1.73. The van der Waals surface area contributed by atoms with Crippen molar-refractivity contribution in [1.29, 1.82) is 0 Å². The summed E-state index contributed by atoms with van der Waals surface area (Å²) in [5.74, 6) is 1.11. The van der Waals surface area contributed by atoms with Gasteiger partial charge < -0.3 is 19.6 Å². The fraction of sp³-hybridized carbons (Fsp3) is 0.263. The van der Waals surface area contributed by atoms with E-state index in [1.807, 2.05) is 42.7 Å². The van der Waals surface area contributed by atoms with Crippen LogP contribution in [0.5, 0.6) is 11.5 Å². The van der Waals surface area contributed by atoms with Gasteiger partial charge in [-0.1, -0.05) is 17.3 Å². The van der Waals surface area contributed by atoms with E-state index in [9.17, 15) is 4.79 Å². The third-order valence-electron chi connectivity index (χ3n) is 4.04. The molecule has 3 rings (SSSR count). The molecule has 1 heterocycles. The molecule has 6 nitrogen and oxygen atoms in total. The number of amides is 1. The van der Waals surface area contributed by atoms with Gasteiger partial charge in [-0.05, 0) is 36.6 Å². The molecule has 26 heavy (non-hydrogen) atoms. The molecule has 7 heteroatoms. The second-order valence-corrected chi connectivity index (χ2v) is 6.44. The summed E-state index contributed by atoms with van der Waals surface area (Å²) >= 11 is 1.57. The van der Waals surface area contributed by atoms with Gasteiger partial charge in [-0.2, -0.15) is 0 Å². The molecule has 1 aliphatic heterocycles. The van der Waals surface area contributed by atoms with Crippen molar-refractivity contribution in [2.45, 2.75) is 17.4 Å². The highest BCUT2D eigenvalue weighted by molar-refractivity contribution is 7.98. The van der Waals surface area contributed by atoms with Crippen LogP contribution in [-0.4, -0.2) is 38.2 Å². The molecule has 1 amide bonds. The van der Waals surface area contributed by atoms with Crippen molar-refractivity contribution >= 4 is 29.1 Å². The summed E-state index contributed by atoms with van der Waals surface area (Å²) < 4.78 is 10.6. The molecule has 2 aromatic rings. The Labute approximate surface area is 156 Å². The fourth-order valence-corrected chi connectivity index (χ4v) is 3.23. The van der Waals surface area contributed by atoms with Crippen LogP contribution in [0.25, 0.3) is 0 Å². The van der Waals surface area contributed by atoms with Crippen LogP contribution >= 0.6 is 11.8 Å². The number of ether oxygens (including phenoxy) is 2. The third kappa shape index (κ3) is 3.77. The number of carbonyl (C=O) groups is 1. The highest BCUT2D eigenvalue weighted by Crippen LogP contribution is 2.30. The molecule has 0 saturated carbocycles. The summed E-state index contributed by atoms with van der Waals surface area (Å²) in [6.45, 7) is 0. The van der Waals surface area contributed by atoms with Gasteiger partial charge in [-0.25, -0.2) is 0 Å². The van der Waals surface area contributed by atoms with Crippen molar-refractivity contribution in [3.05, 3.63) is 48.0 Å². The van der Waals surface area contributed by atoms with Crippen LogP contribution in [0, 0.1) is 0 Å². The van der Waals surface area contributed by atoms with Gasteiger partial charge in [-0.3, -0.25) is 4.79 Å². The van der Waals surface area contributed by atoms with Crippen LogP contribution in [0.4, 0.5) is 5.69 Å². The molecule has 0 saturated heterocycles. The molecule has 2 aromatic carbocycles. The number of oxime groups is 1. The van der Waals surface area contributed by atoms with Gasteiger partial charge in [-0.15, -0.1) is 11.8 Å². The normalized spacial score (nSPS) is 15.8. The van der Waals surface area contributed by atoms with Gasteiger partial charge in [0.1, 0.15) is 11.5 Å². The van der Waals surface area contributed by atoms with Crippen molar-refractivity contribution in [3.8, 4) is 11.5 Å². The summed E-state index contributed by atoms with van der Waals surface area (Å²) in [6, 6.07) is 13.1. The first kappa shape index (κ1) is 18.1. The van der Waals surface area contributed by atoms with Gasteiger partial charge >= 0.3 is 0 Å². The molecule has 136 valence electrons. The van der Waals surface area contributed by atoms with Crippen molar-refractivity contribution in [2.75, 3.05) is 25.8 Å². The second-order valence-electron chi connectivity index (χ2n) is 5.59. The number of thioether (sulfide) groups is 1. The summed E-state index contributed by atoms with van der Waals surface area (Å²) in [6.07, 6.45) is 1.64. The molecular weight excluding hydrogens is 352 g/mol. The lowest BCUT2D eigenvalue weighted by Gasteiger charge is -2.12. The Kier molecular flexibility index (Phi) is 5.68. The van der Waals surface area contributed by atoms with Crippen LogP contribution < -0.4 is 14.8 Å². The SMILES string of the molecule is COc1ccc(OC)c(C2=NO[C@@H](C(=O)Nc3ccccc3SC)C2)c1. The summed E-state index contributed by atoms with van der Waals surface area (Å²) in [7, 11) is 3.18. The smallest absolute Gasteiger partial charge is 0.268 e. The average molecular weight is 372 g/mol. The number of nitrogens with zero attached hydrogens (tertiary/aromatic N) is 1. The van der Waals surface area contributed by atoms with E-state index in [4.69, 9.17) is 14.3 Å². The standard InChI is InChI=1S/C19H20N2O4S/c1-23-12-8-9-16(24-2)13(10-12)15-11-17(25-21-15)19(22)20-14-6-4-5-7-18(14)26-3/h4-10,17H,11H2,1-3H3,(H,20,22)/t17-/m1/s1. The second kappa shape index (κ2) is 8.14. The zero-order valence-corrected chi connectivity index (χ0v) is 15.6. The van der Waals surface area contributed by atoms with Crippen LogP contribution in [0.1, 0.15) is 12.0 Å². The summed E-state index contributed by atoms with van der Waals surface area (Å²) in [5, 5.41) is 7.00. The summed E-state index contributed by atoms with van der Waals surface area (Å²) in [4.78, 5) is 18.9. The Bertz CT molecular complexity index is 838. The highest BCUT2D eigenvalue weighted by atomic mass is 32.2. The van der Waals surface area contributed by atoms with E-state index in [-0.39, 0.29) is 5.91 Å². The van der Waals surface area contributed by atoms with E-state index >= 15 is 0 Å². The van der Waals surface area contributed by atoms with Gasteiger partial charge in [0.15, 0.2) is 0 Å². The fourth-order valence-electron chi connectivity index (χ4n) is 2.68. The molecule has 0 aromatic heterocycles. The lowest BCUT2D eigenvalue weighted by molar-refractivity contribution is -0.125. The lowest BCUT2D eigenvalue weighted by atomic mass is 10.0. The van der Waals surface area contributed by atoms with E-state index in [1.165, 1.54) is 0 Å². The van der Waals surface area contributed by atoms with Crippen LogP contribution in [0.15, 0.2) is 52.5 Å². The number of anilines is 1. The molecular formula is C19H20N2O4S. The van der Waals surface area contributed by atoms with Gasteiger partial charge in [0, 0.05) is 16.9 Å². The minimum atomic E-state index is -0.684. The van der Waals surface area contributed by atoms with E-state index < -0.39 is 6.10 Å². The van der Waals surface area contributed by atoms with Crippen molar-refractivity contribution in [2.24, 2.45) is 5.16 Å². The quantitative estimate of drug-likeness (QED) is 0.785. The first-order valence-corrected chi connectivity index (χ1v) is 9.27. The van der Waals surface area contributed by atoms with E-state index in [0.717, 1.165) is 16.1 Å². The van der Waals surface area contributed by atoms with E-state index in [1.54, 1.807) is 32.0 Å². The number of para-hydroxylation sites is 1. The molecule has 0 fully saturated rings. The predicted octanol–water partition coefficient (Wildman–Crippen LogP) is 3.56. The molecule has 0 aliphatic carbocycles. The molecule has 0 spiro atoms. The molecule has 0 radical (unpaired) electrons. The zero-order valence-electron chi connectivity index (χ0n) is 14.8. The topological polar surface area (TPSA) is 69.1 Å². The van der Waals surface area contributed by atoms with Gasteiger partial charge in [0.05, 0.1) is 25.6 Å². The van der Waals surface area contributed by atoms with Crippen molar-refractivity contribution < 1.29 is 19.1 Å². The first-order chi connectivity index (χ1) is 12.7. The number of hydrogen-bond acceptors (Lipinski definition) is 6.